The van der Waals surface area contributed by atoms with Gasteiger partial charge in [-0.3, -0.25) is 0 Å². The minimum Gasteiger partial charge on any atom is -0.383 e. The van der Waals surface area contributed by atoms with E-state index in [4.69, 9.17) is 10.8 Å². The van der Waals surface area contributed by atoms with E-state index < -0.39 is 0 Å². The molecule has 0 bridgehead atoms. The second kappa shape index (κ2) is 5.09. The number of nitrogens with two attached hydrogens (primary N) is 1. The number of aromatic nitrogens is 2. The summed E-state index contributed by atoms with van der Waals surface area (Å²) in [5.74, 6) is 0.693. The van der Waals surface area contributed by atoms with Crippen LogP contribution in [0.1, 0.15) is 16.7 Å². The summed E-state index contributed by atoms with van der Waals surface area (Å²) < 4.78 is 1.82. The third-order valence-corrected chi connectivity index (χ3v) is 3.89. The van der Waals surface area contributed by atoms with Crippen LogP contribution in [0.25, 0.3) is 16.9 Å². The summed E-state index contributed by atoms with van der Waals surface area (Å²) >= 11 is 0. The first kappa shape index (κ1) is 13.4. The molecule has 0 aliphatic carbocycles. The van der Waals surface area contributed by atoms with E-state index in [1.54, 1.807) is 0 Å². The molecular formula is C18H19N3. The van der Waals surface area contributed by atoms with Gasteiger partial charge in [0.15, 0.2) is 0 Å². The molecular weight excluding hydrogens is 258 g/mol. The van der Waals surface area contributed by atoms with Crippen molar-refractivity contribution in [2.45, 2.75) is 20.8 Å². The molecule has 0 aliphatic heterocycles. The van der Waals surface area contributed by atoms with Crippen molar-refractivity contribution in [3.63, 3.8) is 0 Å². The highest BCUT2D eigenvalue weighted by Gasteiger charge is 2.17. The fourth-order valence-corrected chi connectivity index (χ4v) is 2.70. The molecule has 0 fully saturated rings. The first-order valence-electron chi connectivity index (χ1n) is 7.06. The van der Waals surface area contributed by atoms with Gasteiger partial charge < -0.3 is 5.73 Å². The van der Waals surface area contributed by atoms with Gasteiger partial charge in [0.2, 0.25) is 0 Å². The van der Waals surface area contributed by atoms with E-state index in [1.807, 2.05) is 41.9 Å². The highest BCUT2D eigenvalue weighted by Crippen LogP contribution is 2.32. The number of nitrogen functional groups attached to an aromatic ring is 1. The van der Waals surface area contributed by atoms with Crippen LogP contribution in [-0.4, -0.2) is 9.78 Å². The number of hydrogen-bond donors (Lipinski definition) is 1. The van der Waals surface area contributed by atoms with Gasteiger partial charge in [-0.1, -0.05) is 36.4 Å². The van der Waals surface area contributed by atoms with E-state index >= 15 is 0 Å². The van der Waals surface area contributed by atoms with Crippen molar-refractivity contribution in [2.24, 2.45) is 0 Å². The second-order valence-electron chi connectivity index (χ2n) is 5.37. The number of anilines is 1. The quantitative estimate of drug-likeness (QED) is 0.768. The highest BCUT2D eigenvalue weighted by atomic mass is 15.3. The van der Waals surface area contributed by atoms with Crippen LogP contribution in [0.5, 0.6) is 0 Å². The third-order valence-electron chi connectivity index (χ3n) is 3.89. The maximum atomic E-state index is 6.27. The van der Waals surface area contributed by atoms with Crippen LogP contribution in [0.15, 0.2) is 48.5 Å². The van der Waals surface area contributed by atoms with Gasteiger partial charge in [-0.15, -0.1) is 0 Å². The predicted molar refractivity (Wildman–Crippen MR) is 87.6 cm³/mol. The summed E-state index contributed by atoms with van der Waals surface area (Å²) in [6, 6.07) is 16.3. The molecule has 3 aromatic rings. The lowest BCUT2D eigenvalue weighted by Gasteiger charge is -2.07. The van der Waals surface area contributed by atoms with Gasteiger partial charge in [0.05, 0.1) is 11.4 Å². The monoisotopic (exact) mass is 277 g/mol. The standard InChI is InChI=1S/C18H19N3/c1-12-8-7-9-13(2)16(12)17-14(3)18(19)21(20-17)15-10-5-4-6-11-15/h4-11H,19H2,1-3H3. The molecule has 0 amide bonds. The normalized spacial score (nSPS) is 10.8. The van der Waals surface area contributed by atoms with Crippen molar-refractivity contribution in [1.82, 2.24) is 9.78 Å². The first-order chi connectivity index (χ1) is 10.1. The number of hydrogen-bond acceptors (Lipinski definition) is 2. The largest absolute Gasteiger partial charge is 0.383 e. The molecule has 2 N–H and O–H groups in total. The molecule has 2 aromatic carbocycles. The number of aryl methyl sites for hydroxylation is 2. The van der Waals surface area contributed by atoms with Crippen LogP contribution >= 0.6 is 0 Å². The molecule has 21 heavy (non-hydrogen) atoms. The zero-order valence-electron chi connectivity index (χ0n) is 12.6. The predicted octanol–water partition coefficient (Wildman–Crippen LogP) is 4.05. The summed E-state index contributed by atoms with van der Waals surface area (Å²) in [5.41, 5.74) is 12.9. The van der Waals surface area contributed by atoms with Gasteiger partial charge in [-0.2, -0.15) is 5.10 Å². The molecule has 1 heterocycles. The van der Waals surface area contributed by atoms with Crippen molar-refractivity contribution in [2.75, 3.05) is 5.73 Å². The molecule has 3 heteroatoms. The van der Waals surface area contributed by atoms with Gasteiger partial charge in [-0.05, 0) is 44.0 Å². The van der Waals surface area contributed by atoms with Crippen molar-refractivity contribution in [3.8, 4) is 16.9 Å². The molecule has 3 rings (SSSR count). The Morgan fingerprint density at radius 1 is 0.857 bits per heavy atom. The molecule has 0 saturated carbocycles. The summed E-state index contributed by atoms with van der Waals surface area (Å²) in [5, 5.41) is 4.76. The summed E-state index contributed by atoms with van der Waals surface area (Å²) in [6.45, 7) is 6.25. The molecule has 0 saturated heterocycles. The Hall–Kier alpha value is -2.55. The second-order valence-corrected chi connectivity index (χ2v) is 5.37. The molecule has 0 spiro atoms. The Kier molecular flexibility index (Phi) is 3.26. The molecule has 0 aliphatic rings. The molecule has 0 unspecified atom stereocenters. The van der Waals surface area contributed by atoms with Crippen LogP contribution in [0.4, 0.5) is 5.82 Å². The summed E-state index contributed by atoms with van der Waals surface area (Å²) in [6.07, 6.45) is 0. The topological polar surface area (TPSA) is 43.8 Å². The summed E-state index contributed by atoms with van der Waals surface area (Å²) in [7, 11) is 0. The molecule has 3 nitrogen and oxygen atoms in total. The maximum absolute atomic E-state index is 6.27. The Balaban J connectivity index is 2.23. The molecule has 0 radical (unpaired) electrons. The van der Waals surface area contributed by atoms with E-state index in [1.165, 1.54) is 16.7 Å². The molecule has 0 atom stereocenters. The number of para-hydroxylation sites is 1. The van der Waals surface area contributed by atoms with Crippen LogP contribution in [0.2, 0.25) is 0 Å². The van der Waals surface area contributed by atoms with Gasteiger partial charge in [0.25, 0.3) is 0 Å². The van der Waals surface area contributed by atoms with Crippen LogP contribution in [-0.2, 0) is 0 Å². The lowest BCUT2D eigenvalue weighted by Crippen LogP contribution is -2.01. The van der Waals surface area contributed by atoms with Crippen molar-refractivity contribution >= 4 is 5.82 Å². The lowest BCUT2D eigenvalue weighted by atomic mass is 9.98. The van der Waals surface area contributed by atoms with Gasteiger partial charge in [-0.25, -0.2) is 4.68 Å². The number of nitrogens with zero attached hydrogens (tertiary/aromatic N) is 2. The SMILES string of the molecule is Cc1cccc(C)c1-c1nn(-c2ccccc2)c(N)c1C. The van der Waals surface area contributed by atoms with Crippen LogP contribution < -0.4 is 5.73 Å². The Morgan fingerprint density at radius 3 is 2.10 bits per heavy atom. The van der Waals surface area contributed by atoms with Crippen LogP contribution in [0, 0.1) is 20.8 Å². The zero-order valence-corrected chi connectivity index (χ0v) is 12.6. The van der Waals surface area contributed by atoms with E-state index in [-0.39, 0.29) is 0 Å². The Bertz CT molecular complexity index is 765. The number of benzene rings is 2. The fraction of sp³-hybridized carbons (Fsp3) is 0.167. The van der Waals surface area contributed by atoms with E-state index in [0.717, 1.165) is 16.9 Å². The molecule has 106 valence electrons. The third kappa shape index (κ3) is 2.21. The highest BCUT2D eigenvalue weighted by molar-refractivity contribution is 5.74. The Morgan fingerprint density at radius 2 is 1.48 bits per heavy atom. The smallest absolute Gasteiger partial charge is 0.130 e. The van der Waals surface area contributed by atoms with E-state index in [9.17, 15) is 0 Å². The van der Waals surface area contributed by atoms with Crippen molar-refractivity contribution in [3.05, 3.63) is 65.2 Å². The van der Waals surface area contributed by atoms with Gasteiger partial charge >= 0.3 is 0 Å². The van der Waals surface area contributed by atoms with E-state index in [0.29, 0.717) is 5.82 Å². The van der Waals surface area contributed by atoms with Crippen molar-refractivity contribution < 1.29 is 0 Å². The van der Waals surface area contributed by atoms with Crippen molar-refractivity contribution in [1.29, 1.82) is 0 Å². The average molecular weight is 277 g/mol. The van der Waals surface area contributed by atoms with Gasteiger partial charge in [0, 0.05) is 11.1 Å². The van der Waals surface area contributed by atoms with E-state index in [2.05, 4.69) is 32.0 Å². The first-order valence-corrected chi connectivity index (χ1v) is 7.06. The lowest BCUT2D eigenvalue weighted by molar-refractivity contribution is 0.894. The fourth-order valence-electron chi connectivity index (χ4n) is 2.70. The minimum absolute atomic E-state index is 0.693. The minimum atomic E-state index is 0.693. The maximum Gasteiger partial charge on any atom is 0.130 e. The average Bonchev–Trinajstić information content (AvgIpc) is 2.77. The molecule has 1 aromatic heterocycles. The van der Waals surface area contributed by atoms with Crippen LogP contribution in [0.3, 0.4) is 0 Å². The number of rotatable bonds is 2. The van der Waals surface area contributed by atoms with Gasteiger partial charge in [0.1, 0.15) is 5.82 Å². The Labute approximate surface area is 125 Å². The zero-order chi connectivity index (χ0) is 15.0. The summed E-state index contributed by atoms with van der Waals surface area (Å²) in [4.78, 5) is 0.